The Hall–Kier alpha value is -3.49. The first-order chi connectivity index (χ1) is 12.9. The molecule has 0 saturated heterocycles. The largest absolute Gasteiger partial charge is 0.416 e. The lowest BCUT2D eigenvalue weighted by molar-refractivity contribution is -0.137. The zero-order valence-electron chi connectivity index (χ0n) is 13.5. The van der Waals surface area contributed by atoms with Crippen LogP contribution in [0.5, 0.6) is 0 Å². The second kappa shape index (κ2) is 7.40. The van der Waals surface area contributed by atoms with Gasteiger partial charge in [0.25, 0.3) is 5.56 Å². The quantitative estimate of drug-likeness (QED) is 0.640. The molecule has 1 aromatic heterocycles. The molecule has 1 heterocycles. The molecule has 2 aromatic carbocycles. The highest BCUT2D eigenvalue weighted by Crippen LogP contribution is 2.33. The summed E-state index contributed by atoms with van der Waals surface area (Å²) in [5.74, 6) is 5.52. The zero-order valence-corrected chi connectivity index (χ0v) is 14.3. The fourth-order valence-corrected chi connectivity index (χ4v) is 2.93. The Labute approximate surface area is 156 Å². The minimum atomic E-state index is -4.57. The van der Waals surface area contributed by atoms with Crippen molar-refractivity contribution >= 4 is 22.2 Å². The zero-order chi connectivity index (χ0) is 19.4. The Morgan fingerprint density at radius 1 is 1.04 bits per heavy atom. The maximum Gasteiger partial charge on any atom is 0.416 e. The van der Waals surface area contributed by atoms with Crippen molar-refractivity contribution in [2.24, 2.45) is 0 Å². The highest BCUT2D eigenvalue weighted by molar-refractivity contribution is 7.10. The van der Waals surface area contributed by atoms with Crippen LogP contribution in [0.4, 0.5) is 23.9 Å². The molecule has 4 nitrogen and oxygen atoms in total. The highest BCUT2D eigenvalue weighted by Gasteiger charge is 2.31. The Balaban J connectivity index is 2.03. The summed E-state index contributed by atoms with van der Waals surface area (Å²) >= 11 is 0.837. The van der Waals surface area contributed by atoms with Gasteiger partial charge < -0.3 is 5.32 Å². The van der Waals surface area contributed by atoms with E-state index in [0.717, 1.165) is 23.7 Å². The van der Waals surface area contributed by atoms with Gasteiger partial charge in [0, 0.05) is 16.8 Å². The second-order valence-electron chi connectivity index (χ2n) is 5.39. The van der Waals surface area contributed by atoms with Gasteiger partial charge in [0.05, 0.1) is 5.56 Å². The molecule has 0 aliphatic heterocycles. The topological polar surface area (TPSA) is 68.7 Å². The van der Waals surface area contributed by atoms with Gasteiger partial charge >= 0.3 is 6.18 Å². The van der Waals surface area contributed by atoms with E-state index in [2.05, 4.69) is 21.5 Å². The van der Waals surface area contributed by atoms with Crippen molar-refractivity contribution in [2.75, 3.05) is 5.32 Å². The van der Waals surface area contributed by atoms with Crippen molar-refractivity contribution in [3.8, 4) is 17.9 Å². The van der Waals surface area contributed by atoms with E-state index in [1.807, 2.05) is 6.07 Å². The number of nitrogens with zero attached hydrogens (tertiary/aromatic N) is 1. The maximum absolute atomic E-state index is 13.2. The molecule has 0 unspecified atom stereocenters. The SMILES string of the molecule is N#Cc1c(Nc2cc(C#Cc3ccccc3)cc(C(F)(F)F)c2)s[nH]c1=O. The number of nitrogens with one attached hydrogen (secondary N) is 2. The molecule has 0 atom stereocenters. The van der Waals surface area contributed by atoms with Gasteiger partial charge in [-0.25, -0.2) is 0 Å². The van der Waals surface area contributed by atoms with E-state index < -0.39 is 17.3 Å². The van der Waals surface area contributed by atoms with E-state index in [1.54, 1.807) is 30.3 Å². The van der Waals surface area contributed by atoms with Gasteiger partial charge in [0.1, 0.15) is 11.1 Å². The molecule has 2 N–H and O–H groups in total. The molecular weight excluding hydrogens is 375 g/mol. The number of nitriles is 1. The Morgan fingerprint density at radius 2 is 1.74 bits per heavy atom. The Morgan fingerprint density at radius 3 is 2.41 bits per heavy atom. The summed E-state index contributed by atoms with van der Waals surface area (Å²) in [5, 5.41) is 11.8. The predicted octanol–water partition coefficient (Wildman–Crippen LogP) is 4.47. The molecule has 134 valence electrons. The molecule has 0 aliphatic rings. The molecule has 0 radical (unpaired) electrons. The third-order valence-corrected chi connectivity index (χ3v) is 4.25. The molecular formula is C19H10F3N3OS. The van der Waals surface area contributed by atoms with Crippen molar-refractivity contribution in [1.29, 1.82) is 5.26 Å². The molecule has 3 aromatic rings. The highest BCUT2D eigenvalue weighted by atomic mass is 32.1. The third-order valence-electron chi connectivity index (χ3n) is 3.45. The van der Waals surface area contributed by atoms with E-state index in [4.69, 9.17) is 5.26 Å². The molecule has 27 heavy (non-hydrogen) atoms. The lowest BCUT2D eigenvalue weighted by Gasteiger charge is -2.11. The first-order valence-corrected chi connectivity index (χ1v) is 8.36. The number of anilines is 2. The van der Waals surface area contributed by atoms with Gasteiger partial charge in [-0.1, -0.05) is 30.0 Å². The fraction of sp³-hybridized carbons (Fsp3) is 0.0526. The standard InChI is InChI=1S/C19H10F3N3OS/c20-19(21,22)14-8-13(7-6-12-4-2-1-3-5-12)9-15(10-14)24-18-16(11-23)17(26)25-27-18/h1-5,8-10,24H,(H,25,26). The van der Waals surface area contributed by atoms with Gasteiger partial charge in [-0.15, -0.1) is 0 Å². The number of aromatic nitrogens is 1. The molecule has 3 rings (SSSR count). The smallest absolute Gasteiger partial charge is 0.345 e. The van der Waals surface area contributed by atoms with Crippen LogP contribution >= 0.6 is 11.5 Å². The summed E-state index contributed by atoms with van der Waals surface area (Å²) in [6.07, 6.45) is -4.57. The van der Waals surface area contributed by atoms with Crippen LogP contribution in [0.1, 0.15) is 22.3 Å². The van der Waals surface area contributed by atoms with Gasteiger partial charge in [-0.05, 0) is 41.9 Å². The van der Waals surface area contributed by atoms with Crippen molar-refractivity contribution in [3.05, 3.63) is 81.1 Å². The number of aromatic amines is 1. The summed E-state index contributed by atoms with van der Waals surface area (Å²) in [5.41, 5.74) is -0.770. The number of benzene rings is 2. The van der Waals surface area contributed by atoms with Gasteiger partial charge in [0.2, 0.25) is 0 Å². The van der Waals surface area contributed by atoms with E-state index in [9.17, 15) is 18.0 Å². The van der Waals surface area contributed by atoms with Gasteiger partial charge in [-0.3, -0.25) is 9.17 Å². The Kier molecular flexibility index (Phi) is 5.02. The van der Waals surface area contributed by atoms with Crippen LogP contribution in [-0.2, 0) is 6.18 Å². The summed E-state index contributed by atoms with van der Waals surface area (Å²) in [7, 11) is 0. The number of hydrogen-bond donors (Lipinski definition) is 2. The monoisotopic (exact) mass is 385 g/mol. The summed E-state index contributed by atoms with van der Waals surface area (Å²) in [4.78, 5) is 11.5. The van der Waals surface area contributed by atoms with Crippen LogP contribution in [0.2, 0.25) is 0 Å². The van der Waals surface area contributed by atoms with Crippen LogP contribution in [0.15, 0.2) is 53.3 Å². The number of rotatable bonds is 2. The molecule has 0 spiro atoms. The summed E-state index contributed by atoms with van der Waals surface area (Å²) < 4.78 is 42.0. The normalized spacial score (nSPS) is 10.6. The average Bonchev–Trinajstić information content (AvgIpc) is 2.99. The van der Waals surface area contributed by atoms with Crippen molar-refractivity contribution < 1.29 is 13.2 Å². The van der Waals surface area contributed by atoms with Crippen molar-refractivity contribution in [3.63, 3.8) is 0 Å². The van der Waals surface area contributed by atoms with Crippen LogP contribution in [0.25, 0.3) is 0 Å². The molecule has 0 amide bonds. The van der Waals surface area contributed by atoms with E-state index in [-0.39, 0.29) is 21.8 Å². The third kappa shape index (κ3) is 4.38. The predicted molar refractivity (Wildman–Crippen MR) is 96.8 cm³/mol. The minimum absolute atomic E-state index is 0.0777. The van der Waals surface area contributed by atoms with Crippen LogP contribution in [0, 0.1) is 23.2 Å². The Bertz CT molecular complexity index is 1130. The van der Waals surface area contributed by atoms with Gasteiger partial charge in [0.15, 0.2) is 5.56 Å². The number of hydrogen-bond acceptors (Lipinski definition) is 4. The molecule has 0 fully saturated rings. The summed E-state index contributed by atoms with van der Waals surface area (Å²) in [6, 6.07) is 13.9. The van der Waals surface area contributed by atoms with E-state index in [0.29, 0.717) is 5.56 Å². The van der Waals surface area contributed by atoms with Gasteiger partial charge in [-0.2, -0.15) is 18.4 Å². The summed E-state index contributed by atoms with van der Waals surface area (Å²) in [6.45, 7) is 0. The number of alkyl halides is 3. The van der Waals surface area contributed by atoms with Crippen molar-refractivity contribution in [2.45, 2.75) is 6.18 Å². The fourth-order valence-electron chi connectivity index (χ4n) is 2.22. The first kappa shape index (κ1) is 18.3. The van der Waals surface area contributed by atoms with Crippen molar-refractivity contribution in [1.82, 2.24) is 4.37 Å². The number of H-pyrrole nitrogens is 1. The first-order valence-electron chi connectivity index (χ1n) is 7.55. The lowest BCUT2D eigenvalue weighted by atomic mass is 10.1. The van der Waals surface area contributed by atoms with Crippen LogP contribution in [0.3, 0.4) is 0 Å². The van der Waals surface area contributed by atoms with Crippen LogP contribution in [-0.4, -0.2) is 4.37 Å². The molecule has 0 aliphatic carbocycles. The van der Waals surface area contributed by atoms with Crippen LogP contribution < -0.4 is 10.9 Å². The molecule has 0 saturated carbocycles. The lowest BCUT2D eigenvalue weighted by Crippen LogP contribution is -2.07. The van der Waals surface area contributed by atoms with E-state index in [1.165, 1.54) is 6.07 Å². The average molecular weight is 385 g/mol. The maximum atomic E-state index is 13.2. The molecule has 8 heteroatoms. The van der Waals surface area contributed by atoms with E-state index >= 15 is 0 Å². The minimum Gasteiger partial charge on any atom is -0.345 e. The second-order valence-corrected chi connectivity index (χ2v) is 6.20. The number of halogens is 3. The molecule has 0 bridgehead atoms.